The van der Waals surface area contributed by atoms with Crippen LogP contribution in [0.2, 0.25) is 0 Å². The number of carboxylic acids is 1. The van der Waals surface area contributed by atoms with Crippen LogP contribution in [0.5, 0.6) is 0 Å². The maximum absolute atomic E-state index is 12.8. The fourth-order valence-corrected chi connectivity index (χ4v) is 8.14. The van der Waals surface area contributed by atoms with Crippen molar-refractivity contribution < 1.29 is 49.0 Å². The van der Waals surface area contributed by atoms with Gasteiger partial charge in [-0.1, -0.05) is 20.8 Å². The van der Waals surface area contributed by atoms with E-state index in [1.807, 2.05) is 5.38 Å². The van der Waals surface area contributed by atoms with Gasteiger partial charge in [0.1, 0.15) is 11.4 Å². The summed E-state index contributed by atoms with van der Waals surface area (Å²) in [5.74, 6) is -0.562. The maximum Gasteiger partial charge on any atom is 1.00 e. The van der Waals surface area contributed by atoms with Crippen LogP contribution in [-0.4, -0.2) is 49.9 Å². The number of thioether (sulfide) groups is 1. The molecule has 0 aromatic carbocycles. The van der Waals surface area contributed by atoms with Gasteiger partial charge in [-0.3, -0.25) is 9.59 Å². The van der Waals surface area contributed by atoms with E-state index < -0.39 is 22.8 Å². The molecule has 188 valence electrons. The Morgan fingerprint density at radius 1 is 1.31 bits per heavy atom. The summed E-state index contributed by atoms with van der Waals surface area (Å²) >= 11 is 2.87. The summed E-state index contributed by atoms with van der Waals surface area (Å²) in [7, 11) is 0. The van der Waals surface area contributed by atoms with E-state index in [2.05, 4.69) is 31.1 Å². The Morgan fingerprint density at radius 2 is 2.00 bits per heavy atom. The van der Waals surface area contributed by atoms with Gasteiger partial charge in [-0.15, -0.1) is 23.1 Å². The normalized spacial score (nSPS) is 31.8. The molecule has 1 aliphatic carbocycles. The summed E-state index contributed by atoms with van der Waals surface area (Å²) in [6, 6.07) is -1.65. The molecule has 2 amide bonds. The molecule has 3 heterocycles. The average molecular weight is 531 g/mol. The van der Waals surface area contributed by atoms with Crippen LogP contribution in [0.4, 0.5) is 5.13 Å². The molecule has 2 aliphatic heterocycles. The Labute approximate surface area is 237 Å². The molecule has 11 heteroatoms. The number of carbonyl (C=O) groups excluding carboxylic acids is 3. The Hall–Kier alpha value is -0.810. The zero-order chi connectivity index (χ0) is 25.0. The Bertz CT molecular complexity index is 979. The molecule has 3 fully saturated rings. The minimum absolute atomic E-state index is 0. The predicted octanol–water partition coefficient (Wildman–Crippen LogP) is -0.647. The maximum atomic E-state index is 12.8. The number of thiazole rings is 1. The standard InChI is InChI=1S/C24H36N4O4S2.Na/c1-23(2,3)13-8-6-12(14(10-13)15-11-33-22(25)26-15)7-9-16(29)27-17-19(30)28-18(21(31)32)24(4,5)34-20(17)28;/h11-14,17-18,20H,6-10H2,1-5H3,(H2,25,26)(H,27,29)(H,31,32);/q;+1/p-1/t12?,13-,14+,17+,18-,20+;/m0./s1. The molecule has 1 aromatic heterocycles. The zero-order valence-corrected chi connectivity index (χ0v) is 25.1. The quantitative estimate of drug-likeness (QED) is 0.370. The fraction of sp³-hybridized carbons (Fsp3) is 0.750. The van der Waals surface area contributed by atoms with Gasteiger partial charge in [0, 0.05) is 22.5 Å². The van der Waals surface area contributed by atoms with E-state index in [1.165, 1.54) is 28.0 Å². The van der Waals surface area contributed by atoms with Gasteiger partial charge in [-0.05, 0) is 56.8 Å². The number of nitrogens with two attached hydrogens (primary N) is 1. The van der Waals surface area contributed by atoms with Crippen LogP contribution >= 0.6 is 23.1 Å². The fourth-order valence-electron chi connectivity index (χ4n) is 5.89. The van der Waals surface area contributed by atoms with Gasteiger partial charge < -0.3 is 25.9 Å². The van der Waals surface area contributed by atoms with Crippen LogP contribution in [0.3, 0.4) is 0 Å². The number of fused-ring (bicyclic) bond motifs is 1. The molecule has 1 aromatic rings. The van der Waals surface area contributed by atoms with Gasteiger partial charge in [0.15, 0.2) is 5.13 Å². The number of nitrogens with zero attached hydrogens (tertiary/aromatic N) is 2. The Morgan fingerprint density at radius 3 is 2.57 bits per heavy atom. The van der Waals surface area contributed by atoms with Gasteiger partial charge in [0.05, 0.1) is 17.7 Å². The largest absolute Gasteiger partial charge is 1.00 e. The first kappa shape index (κ1) is 28.8. The van der Waals surface area contributed by atoms with Crippen molar-refractivity contribution in [1.29, 1.82) is 0 Å². The molecule has 3 aliphatic rings. The second-order valence-electron chi connectivity index (χ2n) is 11.5. The van der Waals surface area contributed by atoms with Crippen LogP contribution in [-0.2, 0) is 14.4 Å². The number of aromatic nitrogens is 1. The molecular formula is C24H35N4NaO4S2. The number of carbonyl (C=O) groups is 3. The van der Waals surface area contributed by atoms with Crippen molar-refractivity contribution in [2.45, 2.75) is 94.8 Å². The van der Waals surface area contributed by atoms with E-state index in [-0.39, 0.29) is 58.1 Å². The van der Waals surface area contributed by atoms with Gasteiger partial charge in [0.25, 0.3) is 0 Å². The number of rotatable bonds is 6. The molecule has 6 atom stereocenters. The first-order valence-electron chi connectivity index (χ1n) is 12.0. The third-order valence-corrected chi connectivity index (χ3v) is 10.1. The molecular weight excluding hydrogens is 495 g/mol. The monoisotopic (exact) mass is 530 g/mol. The minimum Gasteiger partial charge on any atom is -0.548 e. The first-order chi connectivity index (χ1) is 15.8. The Balaban J connectivity index is 0.00000342. The van der Waals surface area contributed by atoms with Crippen molar-refractivity contribution in [3.05, 3.63) is 11.1 Å². The van der Waals surface area contributed by atoms with Crippen molar-refractivity contribution in [2.75, 3.05) is 5.73 Å². The first-order valence-corrected chi connectivity index (χ1v) is 13.8. The topological polar surface area (TPSA) is 128 Å². The number of nitrogens with one attached hydrogen (secondary N) is 1. The summed E-state index contributed by atoms with van der Waals surface area (Å²) in [6.45, 7) is 10.4. The third-order valence-electron chi connectivity index (χ3n) is 7.86. The van der Waals surface area contributed by atoms with Gasteiger partial charge in [-0.25, -0.2) is 4.98 Å². The molecule has 0 radical (unpaired) electrons. The minimum atomic E-state index is -1.25. The van der Waals surface area contributed by atoms with Crippen molar-refractivity contribution in [2.24, 2.45) is 17.3 Å². The summed E-state index contributed by atoms with van der Waals surface area (Å²) in [6.07, 6.45) is 4.25. The van der Waals surface area contributed by atoms with Crippen LogP contribution in [0.25, 0.3) is 0 Å². The number of β-lactam (4-membered cyclic amide) rings is 1. The molecule has 0 bridgehead atoms. The summed E-state index contributed by atoms with van der Waals surface area (Å²) in [4.78, 5) is 43.0. The van der Waals surface area contributed by atoms with Crippen LogP contribution < -0.4 is 45.7 Å². The van der Waals surface area contributed by atoms with E-state index in [1.54, 1.807) is 13.8 Å². The van der Waals surface area contributed by atoms with Crippen molar-refractivity contribution in [3.8, 4) is 0 Å². The molecule has 1 unspecified atom stereocenters. The van der Waals surface area contributed by atoms with E-state index in [4.69, 9.17) is 5.73 Å². The number of hydrogen-bond donors (Lipinski definition) is 2. The molecule has 4 rings (SSSR count). The van der Waals surface area contributed by atoms with E-state index >= 15 is 0 Å². The number of nitrogen functional groups attached to an aromatic ring is 1. The molecule has 0 spiro atoms. The van der Waals surface area contributed by atoms with Crippen molar-refractivity contribution in [3.63, 3.8) is 0 Å². The van der Waals surface area contributed by atoms with Crippen molar-refractivity contribution >= 4 is 46.0 Å². The van der Waals surface area contributed by atoms with Crippen LogP contribution in [0, 0.1) is 17.3 Å². The molecule has 2 saturated heterocycles. The zero-order valence-electron chi connectivity index (χ0n) is 21.5. The molecule has 3 N–H and O–H groups in total. The third kappa shape index (κ3) is 5.71. The molecule has 8 nitrogen and oxygen atoms in total. The van der Waals surface area contributed by atoms with Crippen molar-refractivity contribution in [1.82, 2.24) is 15.2 Å². The molecule has 35 heavy (non-hydrogen) atoms. The van der Waals surface area contributed by atoms with Crippen LogP contribution in [0.1, 0.15) is 78.3 Å². The smallest absolute Gasteiger partial charge is 0.548 e. The summed E-state index contributed by atoms with van der Waals surface area (Å²) in [5, 5.41) is 16.7. The van der Waals surface area contributed by atoms with E-state index in [0.29, 0.717) is 23.4 Å². The number of aliphatic carboxylic acids is 1. The molecule has 1 saturated carbocycles. The van der Waals surface area contributed by atoms with E-state index in [0.717, 1.165) is 31.4 Å². The SMILES string of the molecule is CC(C)(C)[C@H]1CCC(CCC(=O)N[C@@H]2C(=O)N3[C@@H]2SC(C)(C)[C@@H]3C(=O)[O-])[C@H](c2csc(N)n2)C1.[Na+]. The second kappa shape index (κ2) is 10.5. The second-order valence-corrected chi connectivity index (χ2v) is 14.2. The van der Waals surface area contributed by atoms with E-state index in [9.17, 15) is 19.5 Å². The number of anilines is 1. The van der Waals surface area contributed by atoms with Gasteiger partial charge >= 0.3 is 29.6 Å². The van der Waals surface area contributed by atoms with Gasteiger partial charge in [0.2, 0.25) is 11.8 Å². The Kier molecular flexibility index (Phi) is 8.64. The number of hydrogen-bond acceptors (Lipinski definition) is 8. The number of amides is 2. The predicted molar refractivity (Wildman–Crippen MR) is 132 cm³/mol. The summed E-state index contributed by atoms with van der Waals surface area (Å²) < 4.78 is -0.660. The average Bonchev–Trinajstić information content (AvgIpc) is 3.28. The summed E-state index contributed by atoms with van der Waals surface area (Å²) in [5.41, 5.74) is 7.17. The van der Waals surface area contributed by atoms with Gasteiger partial charge in [-0.2, -0.15) is 0 Å². The number of carboxylic acid groups (broad SMARTS) is 1. The van der Waals surface area contributed by atoms with Crippen LogP contribution in [0.15, 0.2) is 5.38 Å².